The first-order chi connectivity index (χ1) is 14.3. The molecular formula is C19H21N5O3S3. The fourth-order valence-corrected chi connectivity index (χ4v) is 5.51. The molecule has 158 valence electrons. The summed E-state index contributed by atoms with van der Waals surface area (Å²) >= 11 is 2.88. The molecule has 4 rings (SSSR count). The van der Waals surface area contributed by atoms with Gasteiger partial charge < -0.3 is 4.57 Å². The molecule has 0 atom stereocenters. The van der Waals surface area contributed by atoms with Crippen molar-refractivity contribution in [1.82, 2.24) is 19.1 Å². The highest BCUT2D eigenvalue weighted by Crippen LogP contribution is 2.27. The van der Waals surface area contributed by atoms with Crippen LogP contribution in [0.2, 0.25) is 0 Å². The van der Waals surface area contributed by atoms with Gasteiger partial charge in [-0.1, -0.05) is 25.1 Å². The third kappa shape index (κ3) is 3.89. The lowest BCUT2D eigenvalue weighted by Crippen LogP contribution is -2.19. The number of thioether (sulfide) groups is 1. The van der Waals surface area contributed by atoms with Crippen molar-refractivity contribution in [2.45, 2.75) is 42.1 Å². The van der Waals surface area contributed by atoms with Crippen molar-refractivity contribution >= 4 is 54.4 Å². The molecule has 0 unspecified atom stereocenters. The van der Waals surface area contributed by atoms with E-state index in [1.807, 2.05) is 5.38 Å². The van der Waals surface area contributed by atoms with Crippen LogP contribution >= 0.6 is 23.1 Å². The molecule has 0 aliphatic carbocycles. The Labute approximate surface area is 181 Å². The van der Waals surface area contributed by atoms with Crippen LogP contribution in [0, 0.1) is 0 Å². The predicted molar refractivity (Wildman–Crippen MR) is 120 cm³/mol. The number of primary sulfonamides is 1. The van der Waals surface area contributed by atoms with Crippen LogP contribution in [0.1, 0.15) is 25.6 Å². The minimum absolute atomic E-state index is 0.0431. The Morgan fingerprint density at radius 3 is 2.77 bits per heavy atom. The van der Waals surface area contributed by atoms with Crippen molar-refractivity contribution in [2.24, 2.45) is 12.2 Å². The average Bonchev–Trinajstić information content (AvgIpc) is 3.31. The van der Waals surface area contributed by atoms with E-state index < -0.39 is 10.0 Å². The normalized spacial score (nSPS) is 12.2. The molecule has 8 nitrogen and oxygen atoms in total. The fraction of sp³-hybridized carbons (Fsp3) is 0.316. The Balaban J connectivity index is 1.72. The van der Waals surface area contributed by atoms with Crippen molar-refractivity contribution in [3.63, 3.8) is 0 Å². The summed E-state index contributed by atoms with van der Waals surface area (Å²) in [7, 11) is -2.08. The van der Waals surface area contributed by atoms with Gasteiger partial charge in [-0.25, -0.2) is 23.5 Å². The van der Waals surface area contributed by atoms with Crippen molar-refractivity contribution in [3.8, 4) is 0 Å². The zero-order valence-corrected chi connectivity index (χ0v) is 19.0. The lowest BCUT2D eigenvalue weighted by atomic mass is 10.3. The molecule has 2 N–H and O–H groups in total. The summed E-state index contributed by atoms with van der Waals surface area (Å²) < 4.78 is 27.1. The van der Waals surface area contributed by atoms with Crippen molar-refractivity contribution < 1.29 is 8.42 Å². The number of fused-ring (bicyclic) bond motifs is 2. The SMILES string of the molecule is CCCCn1c(CSc2nc3sccc3c(=O)n2C)nc2cc(S(N)(=O)=O)ccc21. The van der Waals surface area contributed by atoms with Crippen LogP contribution in [0.15, 0.2) is 44.5 Å². The first kappa shape index (κ1) is 21.0. The van der Waals surface area contributed by atoms with Crippen LogP contribution in [0.5, 0.6) is 0 Å². The summed E-state index contributed by atoms with van der Waals surface area (Å²) in [5, 5.41) is 8.37. The van der Waals surface area contributed by atoms with E-state index in [9.17, 15) is 13.2 Å². The van der Waals surface area contributed by atoms with Crippen molar-refractivity contribution in [1.29, 1.82) is 0 Å². The minimum atomic E-state index is -3.80. The number of aromatic nitrogens is 4. The summed E-state index contributed by atoms with van der Waals surface area (Å²) in [5.74, 6) is 1.30. The van der Waals surface area contributed by atoms with Gasteiger partial charge in [0, 0.05) is 13.6 Å². The largest absolute Gasteiger partial charge is 0.327 e. The van der Waals surface area contributed by atoms with Crippen LogP contribution in [0.3, 0.4) is 0 Å². The van der Waals surface area contributed by atoms with E-state index in [0.29, 0.717) is 21.8 Å². The summed E-state index contributed by atoms with van der Waals surface area (Å²) in [6.07, 6.45) is 1.99. The van der Waals surface area contributed by atoms with Crippen LogP contribution in [-0.2, 0) is 29.4 Å². The molecule has 0 radical (unpaired) electrons. The molecule has 0 aliphatic rings. The Bertz CT molecular complexity index is 1400. The van der Waals surface area contributed by atoms with Gasteiger partial charge in [0.05, 0.1) is 27.1 Å². The van der Waals surface area contributed by atoms with Crippen molar-refractivity contribution in [2.75, 3.05) is 0 Å². The maximum atomic E-state index is 12.5. The highest BCUT2D eigenvalue weighted by Gasteiger charge is 2.16. The topological polar surface area (TPSA) is 113 Å². The zero-order valence-electron chi connectivity index (χ0n) is 16.5. The van der Waals surface area contributed by atoms with Crippen molar-refractivity contribution in [3.05, 3.63) is 45.8 Å². The van der Waals surface area contributed by atoms with E-state index in [4.69, 9.17) is 5.14 Å². The van der Waals surface area contributed by atoms with Gasteiger partial charge in [0.15, 0.2) is 5.16 Å². The van der Waals surface area contributed by atoms with Crippen LogP contribution < -0.4 is 10.7 Å². The zero-order chi connectivity index (χ0) is 21.5. The lowest BCUT2D eigenvalue weighted by Gasteiger charge is -2.10. The van der Waals surface area contributed by atoms with Crippen LogP contribution in [-0.4, -0.2) is 27.5 Å². The third-order valence-electron chi connectivity index (χ3n) is 4.86. The molecule has 3 heterocycles. The summed E-state index contributed by atoms with van der Waals surface area (Å²) in [6.45, 7) is 2.89. The van der Waals surface area contributed by atoms with E-state index in [-0.39, 0.29) is 10.5 Å². The standard InChI is InChI=1S/C19H21N5O3S3/c1-3-4-8-24-15-6-5-12(30(20,26)27)10-14(15)21-16(24)11-29-19-22-17-13(7-9-28-17)18(25)23(19)2/h5-7,9-10H,3-4,8,11H2,1-2H3,(H2,20,26,27). The monoisotopic (exact) mass is 463 g/mol. The maximum absolute atomic E-state index is 12.5. The van der Waals surface area contributed by atoms with E-state index >= 15 is 0 Å². The molecule has 0 aliphatic heterocycles. The molecule has 11 heteroatoms. The number of hydrogen-bond donors (Lipinski definition) is 1. The smallest absolute Gasteiger partial charge is 0.262 e. The number of nitrogens with two attached hydrogens (primary N) is 1. The van der Waals surface area contributed by atoms with Gasteiger partial charge in [0.25, 0.3) is 5.56 Å². The Morgan fingerprint density at radius 1 is 1.23 bits per heavy atom. The number of imidazole rings is 1. The Hall–Kier alpha value is -2.21. The van der Waals surface area contributed by atoms with E-state index in [1.165, 1.54) is 35.2 Å². The first-order valence-electron chi connectivity index (χ1n) is 9.38. The quantitative estimate of drug-likeness (QED) is 0.333. The number of unbranched alkanes of at least 4 members (excludes halogenated alkanes) is 1. The van der Waals surface area contributed by atoms with Crippen LogP contribution in [0.4, 0.5) is 0 Å². The third-order valence-corrected chi connectivity index (χ3v) is 7.60. The number of hydrogen-bond acceptors (Lipinski definition) is 7. The van der Waals surface area contributed by atoms with Gasteiger partial charge in [0.2, 0.25) is 10.0 Å². The number of sulfonamides is 1. The fourth-order valence-electron chi connectivity index (χ4n) is 3.25. The molecule has 0 fully saturated rings. The number of rotatable bonds is 7. The van der Waals surface area contributed by atoms with E-state index in [2.05, 4.69) is 21.5 Å². The summed E-state index contributed by atoms with van der Waals surface area (Å²) in [5.41, 5.74) is 1.38. The van der Waals surface area contributed by atoms with Crippen LogP contribution in [0.25, 0.3) is 21.3 Å². The predicted octanol–water partition coefficient (Wildman–Crippen LogP) is 3.08. The highest BCUT2D eigenvalue weighted by atomic mass is 32.2. The molecular weight excluding hydrogens is 442 g/mol. The molecule has 0 amide bonds. The van der Waals surface area contributed by atoms with Gasteiger partial charge in [-0.3, -0.25) is 9.36 Å². The second kappa shape index (κ2) is 8.14. The molecule has 0 saturated carbocycles. The molecule has 3 aromatic heterocycles. The summed E-state index contributed by atoms with van der Waals surface area (Å²) in [6, 6.07) is 6.55. The first-order valence-corrected chi connectivity index (χ1v) is 12.8. The average molecular weight is 464 g/mol. The second-order valence-corrected chi connectivity index (χ2v) is 10.3. The summed E-state index contributed by atoms with van der Waals surface area (Å²) in [4.78, 5) is 22.6. The number of benzene rings is 1. The minimum Gasteiger partial charge on any atom is -0.327 e. The highest BCUT2D eigenvalue weighted by molar-refractivity contribution is 7.98. The van der Waals surface area contributed by atoms with E-state index in [1.54, 1.807) is 23.7 Å². The van der Waals surface area contributed by atoms with E-state index in [0.717, 1.165) is 35.6 Å². The molecule has 30 heavy (non-hydrogen) atoms. The van der Waals surface area contributed by atoms with Gasteiger partial charge in [-0.05, 0) is 36.1 Å². The number of aryl methyl sites for hydroxylation is 1. The number of thiophene rings is 1. The van der Waals surface area contributed by atoms with Gasteiger partial charge in [-0.15, -0.1) is 11.3 Å². The Kier molecular flexibility index (Phi) is 5.71. The number of nitrogens with zero attached hydrogens (tertiary/aromatic N) is 4. The maximum Gasteiger partial charge on any atom is 0.262 e. The molecule has 1 aromatic carbocycles. The molecule has 0 bridgehead atoms. The molecule has 4 aromatic rings. The Morgan fingerprint density at radius 2 is 2.03 bits per heavy atom. The molecule has 0 spiro atoms. The lowest BCUT2D eigenvalue weighted by molar-refractivity contribution is 0.598. The second-order valence-electron chi connectivity index (χ2n) is 6.92. The van der Waals surface area contributed by atoms with Gasteiger partial charge in [-0.2, -0.15) is 0 Å². The molecule has 0 saturated heterocycles. The van der Waals surface area contributed by atoms with Gasteiger partial charge >= 0.3 is 0 Å². The van der Waals surface area contributed by atoms with Gasteiger partial charge in [0.1, 0.15) is 10.7 Å².